The average molecular weight is 292 g/mol. The van der Waals surface area contributed by atoms with Gasteiger partial charge in [-0.3, -0.25) is 9.59 Å². The van der Waals surface area contributed by atoms with E-state index in [1.807, 2.05) is 0 Å². The van der Waals surface area contributed by atoms with Gasteiger partial charge in [0.2, 0.25) is 11.8 Å². The molecule has 2 amide bonds. The van der Waals surface area contributed by atoms with E-state index in [1.54, 1.807) is 11.1 Å². The predicted molar refractivity (Wildman–Crippen MR) is 73.8 cm³/mol. The zero-order chi connectivity index (χ0) is 14.8. The molecule has 1 aliphatic heterocycles. The summed E-state index contributed by atoms with van der Waals surface area (Å²) in [7, 11) is 0. The smallest absolute Gasteiger partial charge is 0.245 e. The van der Waals surface area contributed by atoms with Crippen molar-refractivity contribution in [1.29, 1.82) is 0 Å². The number of likely N-dealkylation sites (tertiary alicyclic amines) is 1. The first-order valence-electron chi connectivity index (χ1n) is 7.36. The Kier molecular flexibility index (Phi) is 3.87. The van der Waals surface area contributed by atoms with Crippen molar-refractivity contribution in [1.82, 2.24) is 25.2 Å². The normalized spacial score (nSPS) is 21.6. The molecule has 1 aromatic rings. The molecular weight excluding hydrogens is 272 g/mol. The first kappa shape index (κ1) is 14.0. The number of nitrogens with one attached hydrogen (secondary N) is 1. The summed E-state index contributed by atoms with van der Waals surface area (Å²) in [5, 5.41) is 10.7. The van der Waals surface area contributed by atoms with Crippen LogP contribution in [0.15, 0.2) is 6.20 Å². The van der Waals surface area contributed by atoms with Crippen molar-refractivity contribution in [3.8, 4) is 0 Å². The van der Waals surface area contributed by atoms with Crippen molar-refractivity contribution in [2.45, 2.75) is 50.9 Å². The molecule has 3 rings (SSSR count). The van der Waals surface area contributed by atoms with Crippen LogP contribution in [-0.2, 0) is 22.7 Å². The Morgan fingerprint density at radius 2 is 2.19 bits per heavy atom. The number of aromatic nitrogens is 3. The zero-order valence-corrected chi connectivity index (χ0v) is 11.9. The summed E-state index contributed by atoms with van der Waals surface area (Å²) < 4.78 is 1.47. The van der Waals surface area contributed by atoms with Crippen molar-refractivity contribution < 1.29 is 9.59 Å². The molecule has 1 unspecified atom stereocenters. The highest BCUT2D eigenvalue weighted by molar-refractivity contribution is 5.88. The highest BCUT2D eigenvalue weighted by Crippen LogP contribution is 2.22. The SMILES string of the molecule is NCc1cn(CC(=O)N2CCCC2C(=O)NC2CC2)nn1. The number of rotatable bonds is 5. The summed E-state index contributed by atoms with van der Waals surface area (Å²) in [6.07, 6.45) is 5.35. The fourth-order valence-electron chi connectivity index (χ4n) is 2.60. The summed E-state index contributed by atoms with van der Waals surface area (Å²) >= 11 is 0. The van der Waals surface area contributed by atoms with E-state index in [2.05, 4.69) is 15.6 Å². The van der Waals surface area contributed by atoms with Crippen LogP contribution in [0.25, 0.3) is 0 Å². The van der Waals surface area contributed by atoms with Gasteiger partial charge in [-0.15, -0.1) is 5.10 Å². The second kappa shape index (κ2) is 5.80. The van der Waals surface area contributed by atoms with Gasteiger partial charge in [0.1, 0.15) is 12.6 Å². The molecule has 8 heteroatoms. The number of hydrogen-bond donors (Lipinski definition) is 2. The Labute approximate surface area is 122 Å². The fourth-order valence-corrected chi connectivity index (χ4v) is 2.60. The molecular formula is C13H20N6O2. The van der Waals surface area contributed by atoms with Gasteiger partial charge in [0.05, 0.1) is 11.9 Å². The Morgan fingerprint density at radius 3 is 2.86 bits per heavy atom. The molecule has 0 aromatic carbocycles. The number of amides is 2. The third-order valence-corrected chi connectivity index (χ3v) is 3.89. The molecule has 2 aliphatic rings. The predicted octanol–water partition coefficient (Wildman–Crippen LogP) is -0.994. The highest BCUT2D eigenvalue weighted by atomic mass is 16.2. The lowest BCUT2D eigenvalue weighted by Gasteiger charge is -2.23. The van der Waals surface area contributed by atoms with Gasteiger partial charge in [0.25, 0.3) is 0 Å². The lowest BCUT2D eigenvalue weighted by atomic mass is 10.2. The summed E-state index contributed by atoms with van der Waals surface area (Å²) in [6.45, 7) is 1.02. The van der Waals surface area contributed by atoms with E-state index >= 15 is 0 Å². The number of nitrogens with zero attached hydrogens (tertiary/aromatic N) is 4. The van der Waals surface area contributed by atoms with Gasteiger partial charge >= 0.3 is 0 Å². The molecule has 21 heavy (non-hydrogen) atoms. The molecule has 8 nitrogen and oxygen atoms in total. The maximum atomic E-state index is 12.4. The van der Waals surface area contributed by atoms with Gasteiger partial charge in [-0.05, 0) is 25.7 Å². The average Bonchev–Trinajstić information content (AvgIpc) is 2.99. The Morgan fingerprint density at radius 1 is 1.38 bits per heavy atom. The monoisotopic (exact) mass is 292 g/mol. The number of carbonyl (C=O) groups is 2. The number of hydrogen-bond acceptors (Lipinski definition) is 5. The number of nitrogens with two attached hydrogens (primary N) is 1. The summed E-state index contributed by atoms with van der Waals surface area (Å²) in [5.41, 5.74) is 6.11. The maximum Gasteiger partial charge on any atom is 0.245 e. The minimum Gasteiger partial charge on any atom is -0.352 e. The molecule has 0 spiro atoms. The van der Waals surface area contributed by atoms with Crippen molar-refractivity contribution >= 4 is 11.8 Å². The fraction of sp³-hybridized carbons (Fsp3) is 0.692. The Hall–Kier alpha value is -1.96. The van der Waals surface area contributed by atoms with Crippen LogP contribution in [0, 0.1) is 0 Å². The van der Waals surface area contributed by atoms with Gasteiger partial charge in [-0.25, -0.2) is 4.68 Å². The van der Waals surface area contributed by atoms with E-state index < -0.39 is 0 Å². The molecule has 1 atom stereocenters. The topological polar surface area (TPSA) is 106 Å². The van der Waals surface area contributed by atoms with Gasteiger partial charge < -0.3 is 16.0 Å². The minimum absolute atomic E-state index is 0.0235. The van der Waals surface area contributed by atoms with Crippen molar-refractivity contribution in [3.63, 3.8) is 0 Å². The second-order valence-electron chi connectivity index (χ2n) is 5.64. The van der Waals surface area contributed by atoms with E-state index in [0.29, 0.717) is 24.8 Å². The molecule has 1 saturated heterocycles. The molecule has 0 radical (unpaired) electrons. The molecule has 0 bridgehead atoms. The molecule has 1 saturated carbocycles. The summed E-state index contributed by atoms with van der Waals surface area (Å²) in [6, 6.07) is -0.0203. The quantitative estimate of drug-likeness (QED) is 0.724. The van der Waals surface area contributed by atoms with E-state index in [9.17, 15) is 9.59 Å². The van der Waals surface area contributed by atoms with Crippen LogP contribution in [-0.4, -0.2) is 50.3 Å². The van der Waals surface area contributed by atoms with Gasteiger partial charge in [-0.2, -0.15) is 0 Å². The molecule has 3 N–H and O–H groups in total. The van der Waals surface area contributed by atoms with Crippen LogP contribution in [0.5, 0.6) is 0 Å². The second-order valence-corrected chi connectivity index (χ2v) is 5.64. The molecule has 1 aromatic heterocycles. The third kappa shape index (κ3) is 3.21. The first-order chi connectivity index (χ1) is 10.2. The van der Waals surface area contributed by atoms with E-state index in [-0.39, 0.29) is 24.4 Å². The van der Waals surface area contributed by atoms with Crippen LogP contribution in [0.3, 0.4) is 0 Å². The van der Waals surface area contributed by atoms with Crippen LogP contribution in [0.2, 0.25) is 0 Å². The molecule has 1 aliphatic carbocycles. The Balaban J connectivity index is 1.60. The lowest BCUT2D eigenvalue weighted by Crippen LogP contribution is -2.47. The maximum absolute atomic E-state index is 12.4. The van der Waals surface area contributed by atoms with Crippen molar-refractivity contribution in [3.05, 3.63) is 11.9 Å². The van der Waals surface area contributed by atoms with Crippen LogP contribution in [0.4, 0.5) is 0 Å². The van der Waals surface area contributed by atoms with E-state index in [0.717, 1.165) is 25.7 Å². The largest absolute Gasteiger partial charge is 0.352 e. The Bertz CT molecular complexity index is 539. The molecule has 2 heterocycles. The van der Waals surface area contributed by atoms with Gasteiger partial charge in [-0.1, -0.05) is 5.21 Å². The van der Waals surface area contributed by atoms with E-state index in [1.165, 1.54) is 4.68 Å². The summed E-state index contributed by atoms with van der Waals surface area (Å²) in [5.74, 6) is -0.124. The minimum atomic E-state index is -0.337. The summed E-state index contributed by atoms with van der Waals surface area (Å²) in [4.78, 5) is 26.2. The first-order valence-corrected chi connectivity index (χ1v) is 7.36. The molecule has 2 fully saturated rings. The highest BCUT2D eigenvalue weighted by Gasteiger charge is 2.36. The van der Waals surface area contributed by atoms with Crippen LogP contribution in [0.1, 0.15) is 31.4 Å². The standard InChI is InChI=1S/C13H20N6O2/c14-6-10-7-18(17-16-10)8-12(20)19-5-1-2-11(19)13(21)15-9-3-4-9/h7,9,11H,1-6,8,14H2,(H,15,21). The van der Waals surface area contributed by atoms with Gasteiger partial charge in [0, 0.05) is 19.1 Å². The third-order valence-electron chi connectivity index (χ3n) is 3.89. The lowest BCUT2D eigenvalue weighted by molar-refractivity contribution is -0.139. The van der Waals surface area contributed by atoms with Crippen LogP contribution >= 0.6 is 0 Å². The van der Waals surface area contributed by atoms with Crippen LogP contribution < -0.4 is 11.1 Å². The molecule has 114 valence electrons. The van der Waals surface area contributed by atoms with E-state index in [4.69, 9.17) is 5.73 Å². The zero-order valence-electron chi connectivity index (χ0n) is 11.9. The number of carbonyl (C=O) groups excluding carboxylic acids is 2. The van der Waals surface area contributed by atoms with Crippen molar-refractivity contribution in [2.75, 3.05) is 6.54 Å². The van der Waals surface area contributed by atoms with Crippen molar-refractivity contribution in [2.24, 2.45) is 5.73 Å². The van der Waals surface area contributed by atoms with Gasteiger partial charge in [0.15, 0.2) is 0 Å².